The minimum Gasteiger partial charge on any atom is -0.396 e. The molecule has 0 bridgehead atoms. The van der Waals surface area contributed by atoms with Crippen molar-refractivity contribution in [1.29, 1.82) is 0 Å². The first-order valence-corrected chi connectivity index (χ1v) is 6.73. The molecule has 3 atom stereocenters. The van der Waals surface area contributed by atoms with E-state index in [1.54, 1.807) is 6.07 Å². The third-order valence-electron chi connectivity index (χ3n) is 3.97. The molecule has 2 fully saturated rings. The van der Waals surface area contributed by atoms with E-state index in [2.05, 4.69) is 10.5 Å². The molecule has 2 saturated carbocycles. The molecule has 3 rings (SSSR count). The van der Waals surface area contributed by atoms with E-state index in [0.717, 1.165) is 18.6 Å². The number of carbonyl (C=O) groups is 1. The van der Waals surface area contributed by atoms with Gasteiger partial charge >= 0.3 is 0 Å². The molecule has 2 aliphatic rings. The largest absolute Gasteiger partial charge is 0.396 e. The number of aromatic nitrogens is 1. The van der Waals surface area contributed by atoms with Crippen LogP contribution in [0, 0.1) is 5.92 Å². The van der Waals surface area contributed by atoms with Crippen molar-refractivity contribution in [3.8, 4) is 0 Å². The van der Waals surface area contributed by atoms with Gasteiger partial charge in [0.15, 0.2) is 5.69 Å². The molecule has 104 valence electrons. The van der Waals surface area contributed by atoms with Crippen molar-refractivity contribution in [2.75, 3.05) is 6.61 Å². The van der Waals surface area contributed by atoms with Crippen molar-refractivity contribution >= 4 is 5.91 Å². The number of amides is 1. The summed E-state index contributed by atoms with van der Waals surface area (Å²) in [5.41, 5.74) is 0.295. The topological polar surface area (TPSA) is 95.6 Å². The first kappa shape index (κ1) is 12.6. The Hall–Kier alpha value is -1.40. The Morgan fingerprint density at radius 3 is 2.89 bits per heavy atom. The Balaban J connectivity index is 1.58. The molecule has 0 saturated heterocycles. The van der Waals surface area contributed by atoms with E-state index in [1.165, 1.54) is 0 Å². The van der Waals surface area contributed by atoms with Crippen molar-refractivity contribution in [3.05, 3.63) is 17.5 Å². The average Bonchev–Trinajstić information content (AvgIpc) is 3.01. The summed E-state index contributed by atoms with van der Waals surface area (Å²) in [5, 5.41) is 25.4. The van der Waals surface area contributed by atoms with E-state index >= 15 is 0 Å². The maximum atomic E-state index is 12.0. The Labute approximate surface area is 110 Å². The van der Waals surface area contributed by atoms with Crippen LogP contribution in [0.5, 0.6) is 0 Å². The number of aliphatic hydroxyl groups is 2. The zero-order valence-electron chi connectivity index (χ0n) is 10.6. The van der Waals surface area contributed by atoms with Crippen LogP contribution < -0.4 is 5.32 Å². The number of aliphatic hydroxyl groups excluding tert-OH is 2. The fourth-order valence-corrected chi connectivity index (χ4v) is 2.63. The van der Waals surface area contributed by atoms with Crippen LogP contribution in [0.3, 0.4) is 0 Å². The van der Waals surface area contributed by atoms with E-state index in [0.29, 0.717) is 24.5 Å². The zero-order chi connectivity index (χ0) is 13.4. The number of nitrogens with one attached hydrogen (secondary N) is 1. The van der Waals surface area contributed by atoms with E-state index in [9.17, 15) is 9.90 Å². The first-order chi connectivity index (χ1) is 9.17. The molecule has 0 aliphatic heterocycles. The van der Waals surface area contributed by atoms with Gasteiger partial charge in [-0.05, 0) is 25.7 Å². The Morgan fingerprint density at radius 2 is 2.26 bits per heavy atom. The third kappa shape index (κ3) is 2.64. The van der Waals surface area contributed by atoms with Crippen LogP contribution in [-0.4, -0.2) is 40.0 Å². The van der Waals surface area contributed by atoms with Crippen molar-refractivity contribution < 1.29 is 19.5 Å². The normalized spacial score (nSPS) is 30.5. The van der Waals surface area contributed by atoms with Gasteiger partial charge in [-0.25, -0.2) is 0 Å². The van der Waals surface area contributed by atoms with Crippen LogP contribution in [0.25, 0.3) is 0 Å². The lowest BCUT2D eigenvalue weighted by atomic mass is 10.1. The van der Waals surface area contributed by atoms with E-state index < -0.39 is 6.10 Å². The van der Waals surface area contributed by atoms with Gasteiger partial charge in [0.2, 0.25) is 0 Å². The average molecular weight is 266 g/mol. The van der Waals surface area contributed by atoms with Crippen LogP contribution in [0.4, 0.5) is 0 Å². The predicted molar refractivity (Wildman–Crippen MR) is 65.5 cm³/mol. The maximum absolute atomic E-state index is 12.0. The summed E-state index contributed by atoms with van der Waals surface area (Å²) in [5.74, 6) is 0.794. The lowest BCUT2D eigenvalue weighted by molar-refractivity contribution is 0.0902. The minimum absolute atomic E-state index is 0.0523. The highest BCUT2D eigenvalue weighted by atomic mass is 16.5. The molecule has 1 amide bonds. The molecule has 0 unspecified atom stereocenters. The van der Waals surface area contributed by atoms with Gasteiger partial charge in [-0.15, -0.1) is 0 Å². The molecule has 0 radical (unpaired) electrons. The molecule has 6 nitrogen and oxygen atoms in total. The highest BCUT2D eigenvalue weighted by Gasteiger charge is 2.34. The monoisotopic (exact) mass is 266 g/mol. The fraction of sp³-hybridized carbons (Fsp3) is 0.692. The van der Waals surface area contributed by atoms with Crippen molar-refractivity contribution in [3.63, 3.8) is 0 Å². The van der Waals surface area contributed by atoms with Crippen LogP contribution in [0.15, 0.2) is 10.6 Å². The second-order valence-electron chi connectivity index (χ2n) is 5.54. The van der Waals surface area contributed by atoms with Crippen LogP contribution >= 0.6 is 0 Å². The smallest absolute Gasteiger partial charge is 0.273 e. The lowest BCUT2D eigenvalue weighted by Gasteiger charge is -2.10. The van der Waals surface area contributed by atoms with Gasteiger partial charge < -0.3 is 20.1 Å². The molecule has 19 heavy (non-hydrogen) atoms. The zero-order valence-corrected chi connectivity index (χ0v) is 10.6. The summed E-state index contributed by atoms with van der Waals surface area (Å²) in [6, 6.07) is 1.59. The van der Waals surface area contributed by atoms with E-state index in [1.807, 2.05) is 0 Å². The Bertz CT molecular complexity index is 469. The second-order valence-corrected chi connectivity index (χ2v) is 5.54. The molecule has 2 aliphatic carbocycles. The van der Waals surface area contributed by atoms with E-state index in [-0.39, 0.29) is 24.5 Å². The molecular formula is C13H18N2O4. The van der Waals surface area contributed by atoms with Gasteiger partial charge in [0.1, 0.15) is 5.76 Å². The van der Waals surface area contributed by atoms with Gasteiger partial charge in [0.05, 0.1) is 6.10 Å². The number of hydrogen-bond acceptors (Lipinski definition) is 5. The summed E-state index contributed by atoms with van der Waals surface area (Å²) in [6.07, 6.45) is 2.72. The number of nitrogens with zero attached hydrogens (tertiary/aromatic N) is 1. The van der Waals surface area contributed by atoms with Gasteiger partial charge in [-0.1, -0.05) is 5.16 Å². The quantitative estimate of drug-likeness (QED) is 0.733. The van der Waals surface area contributed by atoms with Gasteiger partial charge in [-0.2, -0.15) is 0 Å². The first-order valence-electron chi connectivity index (χ1n) is 6.73. The molecular weight excluding hydrogens is 248 g/mol. The molecule has 3 N–H and O–H groups in total. The summed E-state index contributed by atoms with van der Waals surface area (Å²) in [4.78, 5) is 12.0. The SMILES string of the molecule is O=C(N[C@H]1C[C@@H](CO)[C@H](O)C1)c1cc(C2CC2)on1. The van der Waals surface area contributed by atoms with Crippen molar-refractivity contribution in [1.82, 2.24) is 10.5 Å². The second kappa shape index (κ2) is 4.94. The predicted octanol–water partition coefficient (Wildman–Crippen LogP) is 0.414. The van der Waals surface area contributed by atoms with Crippen molar-refractivity contribution in [2.45, 2.75) is 43.7 Å². The summed E-state index contributed by atoms with van der Waals surface area (Å²) in [7, 11) is 0. The van der Waals surface area contributed by atoms with Crippen molar-refractivity contribution in [2.24, 2.45) is 5.92 Å². The number of carbonyl (C=O) groups excluding carboxylic acids is 1. The molecule has 0 spiro atoms. The highest BCUT2D eigenvalue weighted by Crippen LogP contribution is 2.40. The number of hydrogen-bond donors (Lipinski definition) is 3. The fourth-order valence-electron chi connectivity index (χ4n) is 2.63. The van der Waals surface area contributed by atoms with Crippen LogP contribution in [0.2, 0.25) is 0 Å². The van der Waals surface area contributed by atoms with Crippen LogP contribution in [-0.2, 0) is 0 Å². The molecule has 6 heteroatoms. The molecule has 1 aromatic heterocycles. The standard InChI is InChI=1S/C13H18N2O4/c16-6-8-3-9(4-11(8)17)14-13(18)10-5-12(19-15-10)7-1-2-7/h5,7-9,11,16-17H,1-4,6H2,(H,14,18)/t8-,9-,11+/m0/s1. The third-order valence-corrected chi connectivity index (χ3v) is 3.97. The van der Waals surface area contributed by atoms with Crippen LogP contribution in [0.1, 0.15) is 47.8 Å². The molecule has 1 aromatic rings. The van der Waals surface area contributed by atoms with E-state index in [4.69, 9.17) is 9.63 Å². The Kier molecular flexibility index (Phi) is 3.28. The van der Waals surface area contributed by atoms with Gasteiger partial charge in [0.25, 0.3) is 5.91 Å². The molecule has 1 heterocycles. The maximum Gasteiger partial charge on any atom is 0.273 e. The highest BCUT2D eigenvalue weighted by molar-refractivity contribution is 5.92. The minimum atomic E-state index is -0.547. The Morgan fingerprint density at radius 1 is 1.47 bits per heavy atom. The summed E-state index contributed by atoms with van der Waals surface area (Å²) in [6.45, 7) is -0.0523. The molecule has 0 aromatic carbocycles. The summed E-state index contributed by atoms with van der Waals surface area (Å²) >= 11 is 0. The van der Waals surface area contributed by atoms with Gasteiger partial charge in [0, 0.05) is 30.6 Å². The summed E-state index contributed by atoms with van der Waals surface area (Å²) < 4.78 is 5.14. The number of rotatable bonds is 4. The lowest BCUT2D eigenvalue weighted by Crippen LogP contribution is -2.33. The van der Waals surface area contributed by atoms with Gasteiger partial charge in [-0.3, -0.25) is 4.79 Å².